The van der Waals surface area contributed by atoms with Crippen molar-refractivity contribution in [3.05, 3.63) is 75.7 Å². The maximum absolute atomic E-state index is 13.3. The van der Waals surface area contributed by atoms with E-state index in [1.165, 1.54) is 24.2 Å². The van der Waals surface area contributed by atoms with Crippen molar-refractivity contribution in [3.63, 3.8) is 0 Å². The summed E-state index contributed by atoms with van der Waals surface area (Å²) in [5.41, 5.74) is 0.979. The molecule has 2 N–H and O–H groups in total. The number of nitrogens with one attached hydrogen (secondary N) is 2. The molecule has 2 heterocycles. The van der Waals surface area contributed by atoms with Gasteiger partial charge in [0.25, 0.3) is 11.6 Å². The molecule has 1 aliphatic rings. The Hall–Kier alpha value is -4.41. The Bertz CT molecular complexity index is 1220. The van der Waals surface area contributed by atoms with Gasteiger partial charge in [-0.2, -0.15) is 10.1 Å². The van der Waals surface area contributed by atoms with E-state index in [4.69, 9.17) is 4.74 Å². The quantitative estimate of drug-likeness (QED) is 0.471. The van der Waals surface area contributed by atoms with E-state index in [-0.39, 0.29) is 5.57 Å². The Morgan fingerprint density at radius 3 is 2.81 bits per heavy atom. The molecule has 11 heteroatoms. The molecule has 1 aromatic heterocycles. The van der Waals surface area contributed by atoms with Crippen LogP contribution in [0.25, 0.3) is 0 Å². The number of benzene rings is 2. The highest BCUT2D eigenvalue weighted by molar-refractivity contribution is 6.06. The number of methoxy groups -OCH3 is 1. The van der Waals surface area contributed by atoms with Gasteiger partial charge in [0.05, 0.1) is 23.3 Å². The predicted octanol–water partition coefficient (Wildman–Crippen LogP) is 2.20. The van der Waals surface area contributed by atoms with Crippen LogP contribution in [0.3, 0.4) is 0 Å². The Morgan fingerprint density at radius 1 is 1.29 bits per heavy atom. The Kier molecular flexibility index (Phi) is 4.99. The molecule has 1 atom stereocenters. The number of nitro benzene ring substituents is 1. The van der Waals surface area contributed by atoms with E-state index in [0.717, 1.165) is 12.1 Å². The molecule has 31 heavy (non-hydrogen) atoms. The van der Waals surface area contributed by atoms with Gasteiger partial charge in [-0.1, -0.05) is 24.3 Å². The van der Waals surface area contributed by atoms with Crippen LogP contribution >= 0.6 is 0 Å². The minimum Gasteiger partial charge on any atom is -0.868 e. The fourth-order valence-electron chi connectivity index (χ4n) is 3.48. The van der Waals surface area contributed by atoms with E-state index < -0.39 is 28.3 Å². The minimum atomic E-state index is -0.840. The molecule has 0 bridgehead atoms. The fourth-order valence-corrected chi connectivity index (χ4v) is 3.48. The predicted molar refractivity (Wildman–Crippen MR) is 109 cm³/mol. The number of hydrogen-bond donors (Lipinski definition) is 2. The van der Waals surface area contributed by atoms with Crippen molar-refractivity contribution >= 4 is 23.2 Å². The van der Waals surface area contributed by atoms with Gasteiger partial charge in [-0.05, 0) is 30.4 Å². The maximum Gasteiger partial charge on any atom is 0.262 e. The van der Waals surface area contributed by atoms with Crippen molar-refractivity contribution in [2.45, 2.75) is 13.0 Å². The first kappa shape index (κ1) is 19.9. The number of nitro groups is 1. The zero-order valence-corrected chi connectivity index (χ0v) is 16.5. The normalized spacial score (nSPS) is 15.1. The van der Waals surface area contributed by atoms with Crippen molar-refractivity contribution < 1.29 is 19.6 Å². The molecule has 11 nitrogen and oxygen atoms in total. The van der Waals surface area contributed by atoms with Gasteiger partial charge in [-0.15, -0.1) is 0 Å². The van der Waals surface area contributed by atoms with E-state index in [1.807, 2.05) is 0 Å². The number of carbonyl (C=O) groups is 1. The van der Waals surface area contributed by atoms with Gasteiger partial charge < -0.3 is 20.5 Å². The number of carbonyl (C=O) groups excluding carboxylic acids is 1. The highest BCUT2D eigenvalue weighted by atomic mass is 16.6. The lowest BCUT2D eigenvalue weighted by Crippen LogP contribution is -2.31. The van der Waals surface area contributed by atoms with Gasteiger partial charge in [-0.3, -0.25) is 14.9 Å². The van der Waals surface area contributed by atoms with Gasteiger partial charge in [0.15, 0.2) is 0 Å². The number of fused-ring (bicyclic) bond motifs is 1. The molecular weight excluding hydrogens is 404 g/mol. The van der Waals surface area contributed by atoms with Crippen molar-refractivity contribution in [1.29, 1.82) is 0 Å². The summed E-state index contributed by atoms with van der Waals surface area (Å²) in [5, 5.41) is 33.2. The molecule has 0 unspecified atom stereocenters. The summed E-state index contributed by atoms with van der Waals surface area (Å²) < 4.78 is 6.73. The molecule has 0 radical (unpaired) electrons. The van der Waals surface area contributed by atoms with E-state index >= 15 is 0 Å². The molecule has 0 spiro atoms. The van der Waals surface area contributed by atoms with Gasteiger partial charge >= 0.3 is 0 Å². The van der Waals surface area contributed by atoms with Crippen molar-refractivity contribution in [3.8, 4) is 11.5 Å². The number of nitrogens with zero attached hydrogens (tertiary/aromatic N) is 4. The lowest BCUT2D eigenvalue weighted by molar-refractivity contribution is -0.398. The van der Waals surface area contributed by atoms with Crippen LogP contribution in [-0.4, -0.2) is 32.7 Å². The topological polar surface area (TPSA) is 147 Å². The first-order valence-corrected chi connectivity index (χ1v) is 9.17. The number of amides is 1. The molecule has 0 aliphatic carbocycles. The lowest BCUT2D eigenvalue weighted by Gasteiger charge is -2.29. The van der Waals surface area contributed by atoms with Crippen LogP contribution in [0.2, 0.25) is 0 Å². The third-order valence-corrected chi connectivity index (χ3v) is 4.89. The summed E-state index contributed by atoms with van der Waals surface area (Å²) in [5.74, 6) is -0.343. The van der Waals surface area contributed by atoms with Crippen LogP contribution in [0.5, 0.6) is 11.5 Å². The molecule has 0 saturated carbocycles. The molecule has 0 fully saturated rings. The molecule has 1 amide bonds. The van der Waals surface area contributed by atoms with Crippen molar-refractivity contribution in [2.75, 3.05) is 17.7 Å². The Balaban J connectivity index is 1.81. The second kappa shape index (κ2) is 7.78. The summed E-state index contributed by atoms with van der Waals surface area (Å²) in [4.78, 5) is 28.0. The van der Waals surface area contributed by atoms with Crippen LogP contribution in [0.15, 0.2) is 60.1 Å². The third-order valence-electron chi connectivity index (χ3n) is 4.89. The van der Waals surface area contributed by atoms with Crippen LogP contribution in [0, 0.1) is 10.1 Å². The van der Waals surface area contributed by atoms with Crippen molar-refractivity contribution in [2.24, 2.45) is 0 Å². The summed E-state index contributed by atoms with van der Waals surface area (Å²) in [6, 6.07) is 9.80. The standard InChI is InChI=1S/C20H18N6O5/c1-11-17(19(28)24-13-5-3-4-6-16(13)31-2)18(25-20(23-11)21-10-22-25)12-7-8-15(27)14(9-12)26(29)30/h3-10,18,27H,1-2H3,(H,24,28)(H,21,22,23)/p-1/t18-/m0/s1. The number of anilines is 2. The SMILES string of the molecule is COc1ccccc1NC(=O)C1=C(C)Nc2ncnn2[C@H]1c1ccc([O-])c([N+](=O)[O-])c1. The molecule has 158 valence electrons. The van der Waals surface area contributed by atoms with Gasteiger partial charge in [0.1, 0.15) is 18.1 Å². The average molecular weight is 421 g/mol. The summed E-state index contributed by atoms with van der Waals surface area (Å²) >= 11 is 0. The number of para-hydroxylation sites is 2. The van der Waals surface area contributed by atoms with Crippen LogP contribution in [0.1, 0.15) is 18.5 Å². The summed E-state index contributed by atoms with van der Waals surface area (Å²) in [6.45, 7) is 1.69. The molecule has 3 aromatic rings. The van der Waals surface area contributed by atoms with Gasteiger partial charge in [-0.25, -0.2) is 4.68 Å². The first-order chi connectivity index (χ1) is 14.9. The zero-order chi connectivity index (χ0) is 22.1. The van der Waals surface area contributed by atoms with E-state index in [9.17, 15) is 20.0 Å². The lowest BCUT2D eigenvalue weighted by atomic mass is 9.94. The van der Waals surface area contributed by atoms with E-state index in [2.05, 4.69) is 20.7 Å². The second-order valence-corrected chi connectivity index (χ2v) is 6.73. The molecule has 4 rings (SSSR count). The van der Waals surface area contributed by atoms with Crippen LogP contribution in [0.4, 0.5) is 17.3 Å². The number of ether oxygens (including phenoxy) is 1. The first-order valence-electron chi connectivity index (χ1n) is 9.17. The molecular formula is C20H17N6O5-. The molecule has 0 saturated heterocycles. The average Bonchev–Trinajstić information content (AvgIpc) is 3.21. The van der Waals surface area contributed by atoms with E-state index in [0.29, 0.717) is 28.6 Å². The number of hydrogen-bond acceptors (Lipinski definition) is 8. The Morgan fingerprint density at radius 2 is 2.06 bits per heavy atom. The second-order valence-electron chi connectivity index (χ2n) is 6.73. The van der Waals surface area contributed by atoms with Crippen LogP contribution in [-0.2, 0) is 4.79 Å². The van der Waals surface area contributed by atoms with Crippen molar-refractivity contribution in [1.82, 2.24) is 14.8 Å². The smallest absolute Gasteiger partial charge is 0.262 e. The summed E-state index contributed by atoms with van der Waals surface area (Å²) in [7, 11) is 1.49. The minimum absolute atomic E-state index is 0.261. The largest absolute Gasteiger partial charge is 0.868 e. The number of aromatic nitrogens is 3. The maximum atomic E-state index is 13.3. The Labute approximate surface area is 176 Å². The monoisotopic (exact) mass is 421 g/mol. The zero-order valence-electron chi connectivity index (χ0n) is 16.5. The highest BCUT2D eigenvalue weighted by Gasteiger charge is 2.34. The molecule has 2 aromatic carbocycles. The highest BCUT2D eigenvalue weighted by Crippen LogP contribution is 2.38. The van der Waals surface area contributed by atoms with Gasteiger partial charge in [0, 0.05) is 11.8 Å². The third kappa shape index (κ3) is 3.52. The van der Waals surface area contributed by atoms with E-state index in [1.54, 1.807) is 31.2 Å². The number of allylic oxidation sites excluding steroid dienone is 1. The fraction of sp³-hybridized carbons (Fsp3) is 0.150. The number of rotatable bonds is 5. The van der Waals surface area contributed by atoms with Gasteiger partial charge in [0.2, 0.25) is 5.95 Å². The summed E-state index contributed by atoms with van der Waals surface area (Å²) in [6.07, 6.45) is 1.31. The van der Waals surface area contributed by atoms with Crippen LogP contribution < -0.4 is 20.5 Å². The molecule has 1 aliphatic heterocycles.